The summed E-state index contributed by atoms with van der Waals surface area (Å²) in [6, 6.07) is 10.6. The van der Waals surface area contributed by atoms with E-state index in [9.17, 15) is 42.3 Å². The molecule has 1 aromatic heterocycles. The first-order valence-corrected chi connectivity index (χ1v) is 16.7. The smallest absolute Gasteiger partial charge is 0.471 e. The van der Waals surface area contributed by atoms with Crippen molar-refractivity contribution in [3.05, 3.63) is 48.2 Å². The van der Waals surface area contributed by atoms with E-state index in [1.165, 1.54) is 15.9 Å². The van der Waals surface area contributed by atoms with Gasteiger partial charge in [-0.25, -0.2) is 9.78 Å². The van der Waals surface area contributed by atoms with Crippen LogP contribution < -0.4 is 10.1 Å². The number of aromatic nitrogens is 1. The molecule has 1 aromatic carbocycles. The highest BCUT2D eigenvalue weighted by atomic mass is 19.4. The lowest BCUT2D eigenvalue weighted by Crippen LogP contribution is -2.56. The normalized spacial score (nSPS) is 16.0. The van der Waals surface area contributed by atoms with Crippen LogP contribution in [-0.4, -0.2) is 119 Å². The van der Waals surface area contributed by atoms with Gasteiger partial charge in [0.05, 0.1) is 12.3 Å². The van der Waals surface area contributed by atoms with Crippen molar-refractivity contribution in [3.8, 4) is 17.0 Å². The van der Waals surface area contributed by atoms with Gasteiger partial charge in [-0.15, -0.1) is 0 Å². The van der Waals surface area contributed by atoms with Crippen LogP contribution in [-0.2, 0) is 19.1 Å². The second-order valence-electron chi connectivity index (χ2n) is 12.1. The van der Waals surface area contributed by atoms with Crippen LogP contribution in [0.15, 0.2) is 42.5 Å². The number of alkyl halides is 3. The maximum absolute atomic E-state index is 13.6. The number of carboxylic acids is 1. The van der Waals surface area contributed by atoms with Crippen molar-refractivity contribution >= 4 is 29.8 Å². The molecule has 0 bridgehead atoms. The minimum Gasteiger partial charge on any atom is -0.490 e. The molecule has 4 rings (SSSR count). The average Bonchev–Trinajstić information content (AvgIpc) is 3.11. The average molecular weight is 706 g/mol. The number of likely N-dealkylation sites (tertiary alicyclic amines) is 1. The first-order chi connectivity index (χ1) is 23.8. The molecule has 4 amide bonds. The fourth-order valence-corrected chi connectivity index (χ4v) is 5.69. The molecule has 2 aliphatic rings. The molecule has 2 fully saturated rings. The van der Waals surface area contributed by atoms with E-state index in [1.54, 1.807) is 36.4 Å². The van der Waals surface area contributed by atoms with E-state index in [0.29, 0.717) is 17.9 Å². The Bertz CT molecular complexity index is 1490. The molecule has 0 aliphatic carbocycles. The highest BCUT2D eigenvalue weighted by Crippen LogP contribution is 2.27. The van der Waals surface area contributed by atoms with Gasteiger partial charge < -0.3 is 34.6 Å². The zero-order chi connectivity index (χ0) is 36.3. The largest absolute Gasteiger partial charge is 0.490 e. The van der Waals surface area contributed by atoms with E-state index >= 15 is 0 Å². The minimum absolute atomic E-state index is 0.127. The molecule has 272 valence electrons. The molecule has 0 saturated carbocycles. The molecule has 16 heteroatoms. The molecule has 2 N–H and O–H groups in total. The van der Waals surface area contributed by atoms with Gasteiger partial charge in [-0.05, 0) is 12.8 Å². The number of unbranched alkanes of at least 4 members (excludes halogenated alkanes) is 2. The lowest BCUT2D eigenvalue weighted by molar-refractivity contribution is -0.187. The van der Waals surface area contributed by atoms with Crippen LogP contribution in [0.1, 0.15) is 62.4 Å². The highest BCUT2D eigenvalue weighted by molar-refractivity contribution is 5.97. The number of amides is 4. The van der Waals surface area contributed by atoms with Gasteiger partial charge in [0.15, 0.2) is 0 Å². The summed E-state index contributed by atoms with van der Waals surface area (Å²) < 4.78 is 50.1. The van der Waals surface area contributed by atoms with Crippen LogP contribution in [0.2, 0.25) is 0 Å². The Morgan fingerprint density at radius 2 is 1.60 bits per heavy atom. The molecule has 0 unspecified atom stereocenters. The number of carboxylic acid groups (broad SMARTS) is 1. The fraction of sp³-hybridized carbons (Fsp3) is 0.529. The maximum Gasteiger partial charge on any atom is 0.471 e. The van der Waals surface area contributed by atoms with Gasteiger partial charge in [0.25, 0.3) is 5.91 Å². The summed E-state index contributed by atoms with van der Waals surface area (Å²) in [6.07, 6.45) is -3.64. The van der Waals surface area contributed by atoms with Crippen LogP contribution in [0.5, 0.6) is 5.75 Å². The Morgan fingerprint density at radius 3 is 2.22 bits per heavy atom. The number of hydrogen-bond acceptors (Lipinski definition) is 8. The zero-order valence-electron chi connectivity index (χ0n) is 27.8. The molecular formula is C34H42F3N5O8. The summed E-state index contributed by atoms with van der Waals surface area (Å²) >= 11 is 0. The Hall–Kier alpha value is -4.89. The first-order valence-electron chi connectivity index (χ1n) is 16.7. The van der Waals surface area contributed by atoms with Crippen LogP contribution in [0.3, 0.4) is 0 Å². The van der Waals surface area contributed by atoms with Crippen molar-refractivity contribution in [1.29, 1.82) is 0 Å². The predicted octanol–water partition coefficient (Wildman–Crippen LogP) is 4.11. The topological polar surface area (TPSA) is 159 Å². The molecule has 2 aliphatic heterocycles. The summed E-state index contributed by atoms with van der Waals surface area (Å²) in [5.74, 6) is -4.13. The van der Waals surface area contributed by atoms with E-state index < -0.39 is 54.5 Å². The van der Waals surface area contributed by atoms with Gasteiger partial charge in [0, 0.05) is 76.2 Å². The van der Waals surface area contributed by atoms with Crippen molar-refractivity contribution in [2.24, 2.45) is 0 Å². The van der Waals surface area contributed by atoms with Gasteiger partial charge in [-0.1, -0.05) is 50.1 Å². The summed E-state index contributed by atoms with van der Waals surface area (Å²) in [5.41, 5.74) is 0.858. The van der Waals surface area contributed by atoms with Crippen LogP contribution in [0, 0.1) is 0 Å². The van der Waals surface area contributed by atoms with Crippen molar-refractivity contribution < 1.29 is 51.7 Å². The number of piperazine rings is 1. The summed E-state index contributed by atoms with van der Waals surface area (Å²) in [7, 11) is 0. The van der Waals surface area contributed by atoms with E-state index in [0.717, 1.165) is 24.2 Å². The number of pyridine rings is 1. The molecular weight excluding hydrogens is 663 g/mol. The maximum atomic E-state index is 13.6. The van der Waals surface area contributed by atoms with Crippen molar-refractivity contribution in [2.75, 3.05) is 45.9 Å². The number of benzene rings is 1. The van der Waals surface area contributed by atoms with E-state index in [1.807, 2.05) is 6.92 Å². The quantitative estimate of drug-likeness (QED) is 0.293. The third kappa shape index (κ3) is 10.8. The highest BCUT2D eigenvalue weighted by Gasteiger charge is 2.43. The number of aliphatic carboxylic acids is 1. The summed E-state index contributed by atoms with van der Waals surface area (Å²) in [6.45, 7) is 2.78. The first kappa shape index (κ1) is 37.9. The second-order valence-corrected chi connectivity index (χ2v) is 12.1. The monoisotopic (exact) mass is 705 g/mol. The Morgan fingerprint density at radius 1 is 0.940 bits per heavy atom. The molecule has 2 aromatic rings. The zero-order valence-corrected chi connectivity index (χ0v) is 27.8. The van der Waals surface area contributed by atoms with Crippen molar-refractivity contribution in [2.45, 2.75) is 70.2 Å². The summed E-state index contributed by atoms with van der Waals surface area (Å²) in [4.78, 5) is 70.9. The number of halogens is 3. The Labute approximate surface area is 287 Å². The van der Waals surface area contributed by atoms with Gasteiger partial charge in [-0.2, -0.15) is 13.2 Å². The number of piperidine rings is 1. The Balaban J connectivity index is 1.46. The fourth-order valence-electron chi connectivity index (χ4n) is 5.69. The lowest BCUT2D eigenvalue weighted by atomic mass is 10.1. The summed E-state index contributed by atoms with van der Waals surface area (Å²) in [5, 5.41) is 12.0. The number of rotatable bonds is 13. The van der Waals surface area contributed by atoms with Gasteiger partial charge in [0.2, 0.25) is 5.91 Å². The van der Waals surface area contributed by atoms with E-state index in [4.69, 9.17) is 9.47 Å². The molecule has 0 radical (unpaired) electrons. The molecule has 50 heavy (non-hydrogen) atoms. The van der Waals surface area contributed by atoms with Crippen LogP contribution in [0.25, 0.3) is 11.3 Å². The standard InChI is InChI=1S/C34H42F3N5O8/c1-2-3-7-20-49-33(48)42-18-16-40(17-19-42)31(46)26(10-11-29(43)44)39-30(45)28-22-25(21-27(38-28)23-8-5-4-6-9-23)50-24-12-14-41(15-13-24)32(47)34(35,36)37/h4-6,8-9,21-22,24,26H,2-3,7,10-20H2,1H3,(H,39,45)(H,43,44)/t26-/m0/s1. The molecule has 13 nitrogen and oxygen atoms in total. The van der Waals surface area contributed by atoms with E-state index in [-0.39, 0.29) is 70.0 Å². The number of nitrogens with one attached hydrogen (secondary N) is 1. The number of nitrogens with zero attached hydrogens (tertiary/aromatic N) is 4. The number of carbonyl (C=O) groups excluding carboxylic acids is 4. The molecule has 2 saturated heterocycles. The predicted molar refractivity (Wildman–Crippen MR) is 173 cm³/mol. The number of carbonyl (C=O) groups is 5. The number of hydrogen-bond donors (Lipinski definition) is 2. The lowest BCUT2D eigenvalue weighted by Gasteiger charge is -2.36. The van der Waals surface area contributed by atoms with Crippen molar-refractivity contribution in [3.63, 3.8) is 0 Å². The van der Waals surface area contributed by atoms with E-state index in [2.05, 4.69) is 10.3 Å². The molecule has 0 spiro atoms. The van der Waals surface area contributed by atoms with Crippen molar-refractivity contribution in [1.82, 2.24) is 25.0 Å². The molecule has 3 heterocycles. The van der Waals surface area contributed by atoms with Gasteiger partial charge in [-0.3, -0.25) is 19.2 Å². The van der Waals surface area contributed by atoms with Crippen LogP contribution >= 0.6 is 0 Å². The third-order valence-electron chi connectivity index (χ3n) is 8.45. The van der Waals surface area contributed by atoms with Gasteiger partial charge >= 0.3 is 24.1 Å². The Kier molecular flexibility index (Phi) is 13.4. The minimum atomic E-state index is -4.97. The third-order valence-corrected chi connectivity index (χ3v) is 8.45. The molecule has 1 atom stereocenters. The second kappa shape index (κ2) is 17.7. The number of ether oxygens (including phenoxy) is 2. The van der Waals surface area contributed by atoms with Crippen LogP contribution in [0.4, 0.5) is 18.0 Å². The van der Waals surface area contributed by atoms with Gasteiger partial charge in [0.1, 0.15) is 23.6 Å². The SMILES string of the molecule is CCCCCOC(=O)N1CCN(C(=O)[C@H](CCC(=O)O)NC(=O)c2cc(OC3CCN(C(=O)C(F)(F)F)CC3)cc(-c3ccccc3)n2)CC1.